The summed E-state index contributed by atoms with van der Waals surface area (Å²) in [6.45, 7) is 0. The summed E-state index contributed by atoms with van der Waals surface area (Å²) in [7, 11) is -2.41. The number of rotatable bonds is 4. The van der Waals surface area contributed by atoms with Gasteiger partial charge in [0.25, 0.3) is 10.0 Å². The smallest absolute Gasteiger partial charge is 0.352 e. The number of carbonyl (C=O) groups is 1. The van der Waals surface area contributed by atoms with Crippen molar-refractivity contribution in [2.45, 2.75) is 4.90 Å². The van der Waals surface area contributed by atoms with Crippen molar-refractivity contribution in [3.05, 3.63) is 36.7 Å². The largest absolute Gasteiger partial charge is 0.477 e. The Morgan fingerprint density at radius 1 is 1.37 bits per heavy atom. The molecule has 19 heavy (non-hydrogen) atoms. The summed E-state index contributed by atoms with van der Waals surface area (Å²) < 4.78 is 27.5. The summed E-state index contributed by atoms with van der Waals surface area (Å²) >= 11 is 0. The molecule has 0 unspecified atom stereocenters. The lowest BCUT2D eigenvalue weighted by molar-refractivity contribution is 0.0686. The maximum atomic E-state index is 12.0. The Morgan fingerprint density at radius 2 is 2.00 bits per heavy atom. The van der Waals surface area contributed by atoms with E-state index in [1.165, 1.54) is 36.5 Å². The number of aromatic nitrogens is 3. The molecule has 0 aromatic carbocycles. The van der Waals surface area contributed by atoms with Crippen molar-refractivity contribution in [3.8, 4) is 0 Å². The maximum absolute atomic E-state index is 12.0. The molecule has 0 radical (unpaired) electrons. The van der Waals surface area contributed by atoms with Gasteiger partial charge < -0.3 is 9.67 Å². The highest BCUT2D eigenvalue weighted by molar-refractivity contribution is 7.92. The topological polar surface area (TPSA) is 114 Å². The lowest BCUT2D eigenvalue weighted by Crippen LogP contribution is -2.12. The summed E-state index contributed by atoms with van der Waals surface area (Å²) in [5, 5.41) is 8.88. The maximum Gasteiger partial charge on any atom is 0.352 e. The zero-order valence-corrected chi connectivity index (χ0v) is 10.6. The van der Waals surface area contributed by atoms with E-state index in [9.17, 15) is 13.2 Å². The third kappa shape index (κ3) is 2.71. The molecular weight excluding hydrogens is 272 g/mol. The average molecular weight is 282 g/mol. The Bertz CT molecular complexity index is 708. The first-order valence-corrected chi connectivity index (χ1v) is 6.56. The van der Waals surface area contributed by atoms with Crippen LogP contribution in [0.2, 0.25) is 0 Å². The van der Waals surface area contributed by atoms with Crippen LogP contribution in [0.3, 0.4) is 0 Å². The van der Waals surface area contributed by atoms with Crippen molar-refractivity contribution in [2.24, 2.45) is 7.05 Å². The minimum Gasteiger partial charge on any atom is -0.477 e. The molecule has 0 fully saturated rings. The fourth-order valence-corrected chi connectivity index (χ4v) is 2.56. The van der Waals surface area contributed by atoms with E-state index < -0.39 is 16.0 Å². The number of nitrogens with zero attached hydrogens (tertiary/aromatic N) is 3. The number of sulfonamides is 1. The van der Waals surface area contributed by atoms with Crippen LogP contribution in [0.25, 0.3) is 0 Å². The molecular formula is C10H10N4O4S. The van der Waals surface area contributed by atoms with Crippen LogP contribution in [0.4, 0.5) is 5.69 Å². The van der Waals surface area contributed by atoms with Crippen LogP contribution < -0.4 is 4.72 Å². The molecule has 9 heteroatoms. The molecule has 100 valence electrons. The summed E-state index contributed by atoms with van der Waals surface area (Å²) in [5.74, 6) is -1.20. The summed E-state index contributed by atoms with van der Waals surface area (Å²) in [6.07, 6.45) is 5.08. The molecule has 2 heterocycles. The fraction of sp³-hybridized carbons (Fsp3) is 0.100. The van der Waals surface area contributed by atoms with E-state index in [-0.39, 0.29) is 16.3 Å². The number of carboxylic acid groups (broad SMARTS) is 1. The van der Waals surface area contributed by atoms with Gasteiger partial charge in [0.2, 0.25) is 0 Å². The van der Waals surface area contributed by atoms with Gasteiger partial charge in [-0.15, -0.1) is 0 Å². The Kier molecular flexibility index (Phi) is 3.21. The van der Waals surface area contributed by atoms with Gasteiger partial charge in [-0.05, 0) is 6.07 Å². The highest BCUT2D eigenvalue weighted by Crippen LogP contribution is 2.17. The van der Waals surface area contributed by atoms with Gasteiger partial charge in [0.05, 0.1) is 18.1 Å². The normalized spacial score (nSPS) is 11.2. The molecule has 0 atom stereocenters. The second-order valence-corrected chi connectivity index (χ2v) is 5.39. The van der Waals surface area contributed by atoms with Crippen molar-refractivity contribution in [2.75, 3.05) is 4.72 Å². The molecule has 0 aliphatic carbocycles. The van der Waals surface area contributed by atoms with Crippen LogP contribution in [0, 0.1) is 0 Å². The molecule has 0 saturated carbocycles. The van der Waals surface area contributed by atoms with E-state index in [4.69, 9.17) is 5.11 Å². The van der Waals surface area contributed by atoms with Crippen LogP contribution >= 0.6 is 0 Å². The standard InChI is InChI=1S/C10H10N4O4S/c1-14-5-8(2-9(14)10(15)16)19(17,18)13-7-3-11-6-12-4-7/h2-6,13H,1H3,(H,15,16). The monoisotopic (exact) mass is 282 g/mol. The van der Waals surface area contributed by atoms with Crippen molar-refractivity contribution in [3.63, 3.8) is 0 Å². The summed E-state index contributed by atoms with van der Waals surface area (Å²) in [4.78, 5) is 18.1. The molecule has 0 aliphatic heterocycles. The molecule has 0 bridgehead atoms. The number of carboxylic acids is 1. The molecule has 0 saturated heterocycles. The first-order chi connectivity index (χ1) is 8.90. The van der Waals surface area contributed by atoms with Crippen LogP contribution in [0.15, 0.2) is 35.9 Å². The third-order valence-electron chi connectivity index (χ3n) is 2.32. The van der Waals surface area contributed by atoms with Gasteiger partial charge in [0, 0.05) is 13.2 Å². The first kappa shape index (κ1) is 13.0. The minimum absolute atomic E-state index is 0.121. The second-order valence-electron chi connectivity index (χ2n) is 3.71. The van der Waals surface area contributed by atoms with Gasteiger partial charge in [-0.2, -0.15) is 0 Å². The number of hydrogen-bond donors (Lipinski definition) is 2. The Balaban J connectivity index is 2.35. The van der Waals surface area contributed by atoms with Gasteiger partial charge in [-0.1, -0.05) is 0 Å². The Morgan fingerprint density at radius 3 is 2.53 bits per heavy atom. The zero-order valence-electron chi connectivity index (χ0n) is 9.81. The number of aryl methyl sites for hydroxylation is 1. The molecule has 0 aliphatic rings. The van der Waals surface area contributed by atoms with Crippen molar-refractivity contribution in [1.29, 1.82) is 0 Å². The van der Waals surface area contributed by atoms with Gasteiger partial charge in [0.1, 0.15) is 16.9 Å². The molecule has 0 amide bonds. The van der Waals surface area contributed by atoms with Crippen LogP contribution in [0.5, 0.6) is 0 Å². The minimum atomic E-state index is -3.86. The molecule has 2 N–H and O–H groups in total. The highest BCUT2D eigenvalue weighted by Gasteiger charge is 2.20. The zero-order chi connectivity index (χ0) is 14.0. The van der Waals surface area contributed by atoms with E-state index in [0.717, 1.165) is 6.07 Å². The lowest BCUT2D eigenvalue weighted by Gasteiger charge is -2.04. The highest BCUT2D eigenvalue weighted by atomic mass is 32.2. The molecule has 0 spiro atoms. The van der Waals surface area contributed by atoms with E-state index in [1.807, 2.05) is 0 Å². The van der Waals surface area contributed by atoms with Gasteiger partial charge in [-0.25, -0.2) is 23.2 Å². The quantitative estimate of drug-likeness (QED) is 0.834. The van der Waals surface area contributed by atoms with E-state index in [1.54, 1.807) is 0 Å². The SMILES string of the molecule is Cn1cc(S(=O)(=O)Nc2cncnc2)cc1C(=O)O. The van der Waals surface area contributed by atoms with E-state index in [2.05, 4.69) is 14.7 Å². The number of anilines is 1. The fourth-order valence-electron chi connectivity index (χ4n) is 1.46. The summed E-state index contributed by atoms with van der Waals surface area (Å²) in [6, 6.07) is 1.08. The predicted molar refractivity (Wildman–Crippen MR) is 65.2 cm³/mol. The van der Waals surface area contributed by atoms with Gasteiger partial charge in [0.15, 0.2) is 0 Å². The van der Waals surface area contributed by atoms with E-state index in [0.29, 0.717) is 0 Å². The Labute approximate surface area is 108 Å². The van der Waals surface area contributed by atoms with Crippen molar-refractivity contribution in [1.82, 2.24) is 14.5 Å². The molecule has 8 nitrogen and oxygen atoms in total. The van der Waals surface area contributed by atoms with Gasteiger partial charge >= 0.3 is 5.97 Å². The molecule has 2 rings (SSSR count). The average Bonchev–Trinajstić information content (AvgIpc) is 2.73. The third-order valence-corrected chi connectivity index (χ3v) is 3.67. The van der Waals surface area contributed by atoms with Crippen LogP contribution in [-0.2, 0) is 17.1 Å². The number of nitrogens with one attached hydrogen (secondary N) is 1. The molecule has 2 aromatic heterocycles. The van der Waals surface area contributed by atoms with Crippen molar-refractivity contribution < 1.29 is 18.3 Å². The number of hydrogen-bond acceptors (Lipinski definition) is 5. The second kappa shape index (κ2) is 4.69. The van der Waals surface area contributed by atoms with Gasteiger partial charge in [-0.3, -0.25) is 4.72 Å². The van der Waals surface area contributed by atoms with Crippen LogP contribution in [-0.4, -0.2) is 34.0 Å². The lowest BCUT2D eigenvalue weighted by atomic mass is 10.4. The molecule has 2 aromatic rings. The number of aromatic carboxylic acids is 1. The van der Waals surface area contributed by atoms with E-state index >= 15 is 0 Å². The first-order valence-electron chi connectivity index (χ1n) is 5.07. The predicted octanol–water partition coefficient (Wildman–Crippen LogP) is 0.314. The van der Waals surface area contributed by atoms with Crippen molar-refractivity contribution >= 4 is 21.7 Å². The van der Waals surface area contributed by atoms with Crippen LogP contribution in [0.1, 0.15) is 10.5 Å². The summed E-state index contributed by atoms with van der Waals surface area (Å²) in [5.41, 5.74) is 0.0768. The Hall–Kier alpha value is -2.42.